The molecule has 3 amide bonds. The molecule has 7 heteroatoms. The number of nitrogens with zero attached hydrogens (tertiary/aromatic N) is 3. The minimum Gasteiger partial charge on any atom is -0.481 e. The summed E-state index contributed by atoms with van der Waals surface area (Å²) in [4.78, 5) is 41.3. The predicted molar refractivity (Wildman–Crippen MR) is 107 cm³/mol. The van der Waals surface area contributed by atoms with Crippen LogP contribution >= 0.6 is 0 Å². The lowest BCUT2D eigenvalue weighted by Crippen LogP contribution is -2.54. The molecule has 1 aliphatic heterocycles. The van der Waals surface area contributed by atoms with E-state index >= 15 is 0 Å². The first-order chi connectivity index (χ1) is 13.2. The summed E-state index contributed by atoms with van der Waals surface area (Å²) in [6, 6.07) is 5.90. The summed E-state index contributed by atoms with van der Waals surface area (Å²) in [6.07, 6.45) is 0.584. The number of rotatable bonds is 6. The monoisotopic (exact) mass is 387 g/mol. The molecule has 1 fully saturated rings. The third kappa shape index (κ3) is 5.34. The molecule has 1 atom stereocenters. The number of benzene rings is 1. The van der Waals surface area contributed by atoms with Crippen LogP contribution in [-0.2, 0) is 14.4 Å². The second-order valence-electron chi connectivity index (χ2n) is 7.13. The molecule has 2 rings (SSSR count). The lowest BCUT2D eigenvalue weighted by atomic mass is 10.1. The minimum absolute atomic E-state index is 0.00491. The molecule has 7 nitrogen and oxygen atoms in total. The molecule has 1 aromatic rings. The molecule has 0 radical (unpaired) electrons. The average molecular weight is 387 g/mol. The van der Waals surface area contributed by atoms with Crippen LogP contribution in [0, 0.1) is 13.8 Å². The van der Waals surface area contributed by atoms with E-state index in [9.17, 15) is 14.4 Å². The van der Waals surface area contributed by atoms with Crippen LogP contribution in [-0.4, -0.2) is 78.3 Å². The Hall–Kier alpha value is -2.83. The SMILES string of the molecule is C=CC(=O)N(C)CC(=O)N1CCN(C(=O)C(C)Oc2cc(C)ccc2C)CC1. The molecular weight excluding hydrogens is 358 g/mol. The van der Waals surface area contributed by atoms with Crippen LogP contribution in [0.3, 0.4) is 0 Å². The first-order valence-corrected chi connectivity index (χ1v) is 9.41. The molecule has 152 valence electrons. The number of carbonyl (C=O) groups excluding carboxylic acids is 3. The van der Waals surface area contributed by atoms with Crippen LogP contribution < -0.4 is 4.74 Å². The first kappa shape index (κ1) is 21.5. The van der Waals surface area contributed by atoms with Crippen LogP contribution in [0.5, 0.6) is 5.75 Å². The van der Waals surface area contributed by atoms with Crippen LogP contribution in [0.15, 0.2) is 30.9 Å². The van der Waals surface area contributed by atoms with Crippen molar-refractivity contribution >= 4 is 17.7 Å². The van der Waals surface area contributed by atoms with Crippen molar-refractivity contribution in [2.45, 2.75) is 26.9 Å². The number of hydrogen-bond donors (Lipinski definition) is 0. The summed E-state index contributed by atoms with van der Waals surface area (Å²) >= 11 is 0. The van der Waals surface area contributed by atoms with E-state index in [0.717, 1.165) is 11.1 Å². The van der Waals surface area contributed by atoms with Crippen molar-refractivity contribution in [2.24, 2.45) is 0 Å². The molecule has 1 unspecified atom stereocenters. The molecule has 1 heterocycles. The van der Waals surface area contributed by atoms with Crippen LogP contribution in [0.1, 0.15) is 18.1 Å². The van der Waals surface area contributed by atoms with E-state index in [1.807, 2.05) is 32.0 Å². The van der Waals surface area contributed by atoms with E-state index in [2.05, 4.69) is 6.58 Å². The van der Waals surface area contributed by atoms with Gasteiger partial charge in [-0.2, -0.15) is 0 Å². The fourth-order valence-corrected chi connectivity index (χ4v) is 3.05. The zero-order valence-electron chi connectivity index (χ0n) is 17.1. The van der Waals surface area contributed by atoms with Gasteiger partial charge < -0.3 is 19.4 Å². The maximum Gasteiger partial charge on any atom is 0.263 e. The second-order valence-corrected chi connectivity index (χ2v) is 7.13. The molecule has 1 saturated heterocycles. The van der Waals surface area contributed by atoms with Gasteiger partial charge in [-0.1, -0.05) is 18.7 Å². The van der Waals surface area contributed by atoms with Gasteiger partial charge >= 0.3 is 0 Å². The summed E-state index contributed by atoms with van der Waals surface area (Å²) in [6.45, 7) is 10.9. The zero-order valence-corrected chi connectivity index (χ0v) is 17.1. The van der Waals surface area contributed by atoms with Crippen molar-refractivity contribution in [1.29, 1.82) is 0 Å². The fourth-order valence-electron chi connectivity index (χ4n) is 3.05. The number of carbonyl (C=O) groups is 3. The van der Waals surface area contributed by atoms with Crippen molar-refractivity contribution in [3.63, 3.8) is 0 Å². The highest BCUT2D eigenvalue weighted by molar-refractivity contribution is 5.90. The zero-order chi connectivity index (χ0) is 20.8. The quantitative estimate of drug-likeness (QED) is 0.692. The Morgan fingerprint density at radius 2 is 1.79 bits per heavy atom. The van der Waals surface area contributed by atoms with Crippen molar-refractivity contribution in [3.8, 4) is 5.75 Å². The minimum atomic E-state index is -0.598. The number of ether oxygens (including phenoxy) is 1. The normalized spacial score (nSPS) is 15.0. The van der Waals surface area contributed by atoms with Gasteiger partial charge in [0.05, 0.1) is 6.54 Å². The van der Waals surface area contributed by atoms with Crippen molar-refractivity contribution in [3.05, 3.63) is 42.0 Å². The molecule has 0 spiro atoms. The van der Waals surface area contributed by atoms with Gasteiger partial charge in [0.15, 0.2) is 6.10 Å². The molecule has 28 heavy (non-hydrogen) atoms. The van der Waals surface area contributed by atoms with Crippen LogP contribution in [0.4, 0.5) is 0 Å². The molecule has 0 aliphatic carbocycles. The van der Waals surface area contributed by atoms with Gasteiger partial charge in [0.25, 0.3) is 5.91 Å². The highest BCUT2D eigenvalue weighted by Crippen LogP contribution is 2.21. The van der Waals surface area contributed by atoms with Gasteiger partial charge in [-0.05, 0) is 44.0 Å². The first-order valence-electron chi connectivity index (χ1n) is 9.41. The molecule has 1 aromatic carbocycles. The largest absolute Gasteiger partial charge is 0.481 e. The predicted octanol–water partition coefficient (Wildman–Crippen LogP) is 1.39. The van der Waals surface area contributed by atoms with E-state index in [1.165, 1.54) is 11.0 Å². The topological polar surface area (TPSA) is 70.2 Å². The summed E-state index contributed by atoms with van der Waals surface area (Å²) in [5.41, 5.74) is 2.06. The maximum absolute atomic E-state index is 12.7. The molecule has 0 saturated carbocycles. The van der Waals surface area contributed by atoms with Crippen molar-refractivity contribution < 1.29 is 19.1 Å². The second kappa shape index (κ2) is 9.39. The molecule has 1 aliphatic rings. The Balaban J connectivity index is 1.87. The van der Waals surface area contributed by atoms with Crippen molar-refractivity contribution in [2.75, 3.05) is 39.8 Å². The van der Waals surface area contributed by atoms with Gasteiger partial charge in [-0.25, -0.2) is 0 Å². The van der Waals surface area contributed by atoms with Gasteiger partial charge in [-0.15, -0.1) is 0 Å². The highest BCUT2D eigenvalue weighted by Gasteiger charge is 2.28. The summed E-state index contributed by atoms with van der Waals surface area (Å²) in [5.74, 6) is 0.195. The standard InChI is InChI=1S/C21H29N3O4/c1-6-19(25)22(5)14-20(26)23-9-11-24(12-10-23)21(27)17(4)28-18-13-15(2)7-8-16(18)3/h6-8,13,17H,1,9-12,14H2,2-5H3. The van der Waals surface area contributed by atoms with E-state index in [1.54, 1.807) is 23.8 Å². The van der Waals surface area contributed by atoms with Crippen LogP contribution in [0.2, 0.25) is 0 Å². The van der Waals surface area contributed by atoms with Gasteiger partial charge in [0, 0.05) is 33.2 Å². The Kier molecular flexibility index (Phi) is 7.20. The van der Waals surface area contributed by atoms with Gasteiger partial charge in [-0.3, -0.25) is 14.4 Å². The smallest absolute Gasteiger partial charge is 0.263 e. The number of amides is 3. The highest BCUT2D eigenvalue weighted by atomic mass is 16.5. The Labute approximate surface area is 166 Å². The van der Waals surface area contributed by atoms with Crippen LogP contribution in [0.25, 0.3) is 0 Å². The number of aryl methyl sites for hydroxylation is 2. The number of likely N-dealkylation sites (N-methyl/N-ethyl adjacent to an activating group) is 1. The fraction of sp³-hybridized carbons (Fsp3) is 0.476. The van der Waals surface area contributed by atoms with E-state index in [-0.39, 0.29) is 24.3 Å². The van der Waals surface area contributed by atoms with Gasteiger partial charge in [0.2, 0.25) is 11.8 Å². The molecule has 0 aromatic heterocycles. The summed E-state index contributed by atoms with van der Waals surface area (Å²) in [7, 11) is 1.56. The molecule has 0 bridgehead atoms. The third-order valence-corrected chi connectivity index (χ3v) is 4.86. The summed E-state index contributed by atoms with van der Waals surface area (Å²) in [5, 5.41) is 0. The number of hydrogen-bond acceptors (Lipinski definition) is 4. The van der Waals surface area contributed by atoms with Crippen molar-refractivity contribution in [1.82, 2.24) is 14.7 Å². The lowest BCUT2D eigenvalue weighted by molar-refractivity contribution is -0.144. The van der Waals surface area contributed by atoms with E-state index in [0.29, 0.717) is 31.9 Å². The van der Waals surface area contributed by atoms with E-state index < -0.39 is 6.10 Å². The Morgan fingerprint density at radius 1 is 1.18 bits per heavy atom. The van der Waals surface area contributed by atoms with Gasteiger partial charge in [0.1, 0.15) is 5.75 Å². The third-order valence-electron chi connectivity index (χ3n) is 4.86. The Bertz CT molecular complexity index is 754. The Morgan fingerprint density at radius 3 is 2.39 bits per heavy atom. The lowest BCUT2D eigenvalue weighted by Gasteiger charge is -2.36. The average Bonchev–Trinajstić information content (AvgIpc) is 2.69. The van der Waals surface area contributed by atoms with E-state index in [4.69, 9.17) is 4.74 Å². The maximum atomic E-state index is 12.7. The molecule has 0 N–H and O–H groups in total. The summed E-state index contributed by atoms with van der Waals surface area (Å²) < 4.78 is 5.88. The number of piperazine rings is 1. The molecular formula is C21H29N3O4.